The van der Waals surface area contributed by atoms with Gasteiger partial charge in [0, 0.05) is 5.54 Å². The zero-order chi connectivity index (χ0) is 16.0. The van der Waals surface area contributed by atoms with E-state index in [0.29, 0.717) is 0 Å². The van der Waals surface area contributed by atoms with E-state index in [1.807, 2.05) is 0 Å². The van der Waals surface area contributed by atoms with E-state index in [2.05, 4.69) is 0 Å². The lowest BCUT2D eigenvalue weighted by Crippen LogP contribution is -2.43. The van der Waals surface area contributed by atoms with Crippen LogP contribution in [0.1, 0.15) is 37.8 Å². The molecule has 1 aromatic carbocycles. The maximum Gasteiger partial charge on any atom is 0.416 e. The highest BCUT2D eigenvalue weighted by Crippen LogP contribution is 2.34. The number of Topliss-reactive ketones (excluding diaryl/α,β-unsaturated/α-hetero) is 1. The molecule has 1 aliphatic rings. The van der Waals surface area contributed by atoms with Crippen LogP contribution >= 0.6 is 0 Å². The third-order valence-corrected chi connectivity index (χ3v) is 3.51. The van der Waals surface area contributed by atoms with Crippen molar-refractivity contribution in [3.8, 4) is 0 Å². The summed E-state index contributed by atoms with van der Waals surface area (Å²) in [7, 11) is 0. The first-order chi connectivity index (χ1) is 9.51. The van der Waals surface area contributed by atoms with E-state index in [-0.39, 0.29) is 17.9 Å². The molecule has 0 spiro atoms. The van der Waals surface area contributed by atoms with Crippen LogP contribution in [0.25, 0.3) is 0 Å². The van der Waals surface area contributed by atoms with E-state index in [1.54, 1.807) is 20.8 Å². The lowest BCUT2D eigenvalue weighted by molar-refractivity contribution is -0.138. The normalized spacial score (nSPS) is 20.3. The van der Waals surface area contributed by atoms with Crippen molar-refractivity contribution in [2.24, 2.45) is 0 Å². The van der Waals surface area contributed by atoms with Crippen LogP contribution in [0.2, 0.25) is 0 Å². The van der Waals surface area contributed by atoms with Crippen LogP contribution in [0.5, 0.6) is 0 Å². The van der Waals surface area contributed by atoms with Crippen molar-refractivity contribution in [1.82, 2.24) is 4.90 Å². The Morgan fingerprint density at radius 1 is 1.14 bits per heavy atom. The molecule has 0 N–H and O–H groups in total. The number of nitrogens with zero attached hydrogens (tertiary/aromatic N) is 1. The van der Waals surface area contributed by atoms with Gasteiger partial charge in [0.05, 0.1) is 12.1 Å². The van der Waals surface area contributed by atoms with Gasteiger partial charge in [-0.1, -0.05) is 18.2 Å². The second-order valence-corrected chi connectivity index (χ2v) is 6.12. The number of ketones is 1. The fourth-order valence-electron chi connectivity index (χ4n) is 2.41. The van der Waals surface area contributed by atoms with Crippen LogP contribution in [-0.4, -0.2) is 28.7 Å². The van der Waals surface area contributed by atoms with Crippen molar-refractivity contribution in [2.75, 3.05) is 6.54 Å². The van der Waals surface area contributed by atoms with Crippen LogP contribution in [0.4, 0.5) is 13.2 Å². The molecule has 1 fully saturated rings. The number of carbonyl (C=O) groups excluding carboxylic acids is 2. The largest absolute Gasteiger partial charge is 0.416 e. The Bertz CT molecular complexity index is 587. The predicted octanol–water partition coefficient (Wildman–Crippen LogP) is 3.00. The van der Waals surface area contributed by atoms with Gasteiger partial charge in [0.15, 0.2) is 5.78 Å². The fourth-order valence-corrected chi connectivity index (χ4v) is 2.41. The van der Waals surface area contributed by atoms with E-state index in [9.17, 15) is 22.8 Å². The van der Waals surface area contributed by atoms with Gasteiger partial charge in [-0.3, -0.25) is 9.59 Å². The summed E-state index contributed by atoms with van der Waals surface area (Å²) >= 11 is 0. The van der Waals surface area contributed by atoms with Crippen molar-refractivity contribution in [2.45, 2.75) is 38.4 Å². The number of benzene rings is 1. The number of rotatable bonds is 1. The lowest BCUT2D eigenvalue weighted by atomic mass is 9.94. The summed E-state index contributed by atoms with van der Waals surface area (Å²) in [6, 6.07) is 4.42. The molecule has 0 radical (unpaired) electrons. The molecule has 1 aliphatic heterocycles. The Balaban J connectivity index is 2.39. The summed E-state index contributed by atoms with van der Waals surface area (Å²) in [5, 5.41) is 0. The topological polar surface area (TPSA) is 37.4 Å². The highest BCUT2D eigenvalue weighted by atomic mass is 19.4. The molecular weight excluding hydrogens is 283 g/mol. The molecule has 0 saturated carbocycles. The molecule has 1 heterocycles. The number of alkyl halides is 3. The van der Waals surface area contributed by atoms with E-state index >= 15 is 0 Å². The summed E-state index contributed by atoms with van der Waals surface area (Å²) < 4.78 is 38.2. The average Bonchev–Trinajstić information content (AvgIpc) is 2.64. The Hall–Kier alpha value is -1.85. The minimum atomic E-state index is -4.50. The average molecular weight is 299 g/mol. The monoisotopic (exact) mass is 299 g/mol. The molecule has 1 saturated heterocycles. The summed E-state index contributed by atoms with van der Waals surface area (Å²) in [6.45, 7) is 5.29. The molecule has 3 nitrogen and oxygen atoms in total. The number of halogens is 3. The summed E-state index contributed by atoms with van der Waals surface area (Å²) in [5.41, 5.74) is -1.29. The van der Waals surface area contributed by atoms with Crippen molar-refractivity contribution in [3.05, 3.63) is 35.4 Å². The lowest BCUT2D eigenvalue weighted by Gasteiger charge is -2.31. The Labute approximate surface area is 120 Å². The molecule has 1 amide bonds. The van der Waals surface area contributed by atoms with Gasteiger partial charge in [-0.25, -0.2) is 0 Å². The quantitative estimate of drug-likeness (QED) is 0.748. The Morgan fingerprint density at radius 3 is 2.24 bits per heavy atom. The third kappa shape index (κ3) is 2.94. The summed E-state index contributed by atoms with van der Waals surface area (Å²) in [6.07, 6.45) is -4.50. The maximum absolute atomic E-state index is 12.7. The first kappa shape index (κ1) is 15.5. The highest BCUT2D eigenvalue weighted by Gasteiger charge is 2.44. The van der Waals surface area contributed by atoms with Gasteiger partial charge < -0.3 is 4.90 Å². The minimum Gasteiger partial charge on any atom is -0.330 e. The van der Waals surface area contributed by atoms with Crippen molar-refractivity contribution >= 4 is 11.7 Å². The minimum absolute atomic E-state index is 0.0662. The van der Waals surface area contributed by atoms with Gasteiger partial charge >= 0.3 is 6.18 Å². The fraction of sp³-hybridized carbons (Fsp3) is 0.467. The van der Waals surface area contributed by atoms with Crippen LogP contribution in [-0.2, 0) is 15.8 Å². The molecule has 6 heteroatoms. The van der Waals surface area contributed by atoms with Gasteiger partial charge in [0.2, 0.25) is 5.91 Å². The zero-order valence-electron chi connectivity index (χ0n) is 12.0. The molecule has 2 rings (SSSR count). The predicted molar refractivity (Wildman–Crippen MR) is 70.7 cm³/mol. The highest BCUT2D eigenvalue weighted by molar-refractivity contribution is 6.13. The molecule has 0 aromatic heterocycles. The summed E-state index contributed by atoms with van der Waals surface area (Å²) in [4.78, 5) is 25.8. The van der Waals surface area contributed by atoms with Gasteiger partial charge in [-0.05, 0) is 32.4 Å². The Kier molecular flexibility index (Phi) is 3.59. The maximum atomic E-state index is 12.7. The van der Waals surface area contributed by atoms with E-state index in [1.165, 1.54) is 17.0 Å². The van der Waals surface area contributed by atoms with Crippen LogP contribution in [0.3, 0.4) is 0 Å². The number of hydrogen-bond donors (Lipinski definition) is 0. The molecule has 1 atom stereocenters. The standard InChI is InChI=1S/C15H16F3NO2/c1-14(2,3)19-8-11(20)12(13(19)21)9-5-4-6-10(7-9)15(16,17)18/h4-7,12H,8H2,1-3H3. The van der Waals surface area contributed by atoms with E-state index < -0.39 is 29.1 Å². The van der Waals surface area contributed by atoms with Crippen molar-refractivity contribution in [1.29, 1.82) is 0 Å². The third-order valence-electron chi connectivity index (χ3n) is 3.51. The van der Waals surface area contributed by atoms with Crippen LogP contribution in [0, 0.1) is 0 Å². The molecular formula is C15H16F3NO2. The van der Waals surface area contributed by atoms with Crippen LogP contribution < -0.4 is 0 Å². The Morgan fingerprint density at radius 2 is 1.76 bits per heavy atom. The number of hydrogen-bond acceptors (Lipinski definition) is 2. The summed E-state index contributed by atoms with van der Waals surface area (Å²) in [5.74, 6) is -1.94. The second kappa shape index (κ2) is 4.86. The molecule has 21 heavy (non-hydrogen) atoms. The van der Waals surface area contributed by atoms with Gasteiger partial charge in [-0.2, -0.15) is 13.2 Å². The van der Waals surface area contributed by atoms with E-state index in [0.717, 1.165) is 12.1 Å². The number of amides is 1. The molecule has 1 aromatic rings. The van der Waals surface area contributed by atoms with Crippen molar-refractivity contribution in [3.63, 3.8) is 0 Å². The number of carbonyl (C=O) groups is 2. The smallest absolute Gasteiger partial charge is 0.330 e. The molecule has 0 bridgehead atoms. The first-order valence-corrected chi connectivity index (χ1v) is 6.53. The van der Waals surface area contributed by atoms with Gasteiger partial charge in [0.25, 0.3) is 0 Å². The number of likely N-dealkylation sites (tertiary alicyclic amines) is 1. The van der Waals surface area contributed by atoms with E-state index in [4.69, 9.17) is 0 Å². The van der Waals surface area contributed by atoms with Crippen molar-refractivity contribution < 1.29 is 22.8 Å². The van der Waals surface area contributed by atoms with Crippen LogP contribution in [0.15, 0.2) is 24.3 Å². The second-order valence-electron chi connectivity index (χ2n) is 6.12. The zero-order valence-corrected chi connectivity index (χ0v) is 12.0. The molecule has 1 unspecified atom stereocenters. The van der Waals surface area contributed by atoms with Gasteiger partial charge in [-0.15, -0.1) is 0 Å². The SMILES string of the molecule is CC(C)(C)N1CC(=O)C(c2cccc(C(F)(F)F)c2)C1=O. The van der Waals surface area contributed by atoms with Gasteiger partial charge in [0.1, 0.15) is 5.92 Å². The molecule has 114 valence electrons. The first-order valence-electron chi connectivity index (χ1n) is 6.53. The molecule has 0 aliphatic carbocycles.